The Morgan fingerprint density at radius 1 is 1.47 bits per heavy atom. The highest BCUT2D eigenvalue weighted by molar-refractivity contribution is 5.38. The van der Waals surface area contributed by atoms with Crippen molar-refractivity contribution >= 4 is 0 Å². The van der Waals surface area contributed by atoms with Gasteiger partial charge in [0.1, 0.15) is 5.75 Å². The van der Waals surface area contributed by atoms with Crippen molar-refractivity contribution in [3.05, 3.63) is 47.3 Å². The van der Waals surface area contributed by atoms with E-state index in [1.54, 1.807) is 6.07 Å². The first-order valence-corrected chi connectivity index (χ1v) is 6.75. The number of fused-ring (bicyclic) bond motifs is 1. The van der Waals surface area contributed by atoms with E-state index in [2.05, 4.69) is 10.4 Å². The van der Waals surface area contributed by atoms with E-state index in [4.69, 9.17) is 0 Å². The number of nitrogens with one attached hydrogen (secondary N) is 1. The van der Waals surface area contributed by atoms with Gasteiger partial charge in [-0.3, -0.25) is 4.68 Å². The lowest BCUT2D eigenvalue weighted by Crippen LogP contribution is -2.24. The number of benzene rings is 1. The van der Waals surface area contributed by atoms with Gasteiger partial charge in [-0.05, 0) is 42.5 Å². The number of phenolic OH excluding ortho intramolecular Hbond substituents is 1. The van der Waals surface area contributed by atoms with E-state index in [-0.39, 0.29) is 0 Å². The molecule has 0 spiro atoms. The van der Waals surface area contributed by atoms with Gasteiger partial charge in [-0.1, -0.05) is 6.07 Å². The van der Waals surface area contributed by atoms with E-state index in [0.29, 0.717) is 11.8 Å². The molecule has 19 heavy (non-hydrogen) atoms. The Balaban J connectivity index is 1.74. The second-order valence-electron chi connectivity index (χ2n) is 5.23. The van der Waals surface area contributed by atoms with E-state index in [1.165, 1.54) is 23.1 Å². The Hall–Kier alpha value is -1.81. The quantitative estimate of drug-likeness (QED) is 0.887. The molecule has 1 aliphatic carbocycles. The van der Waals surface area contributed by atoms with Gasteiger partial charge >= 0.3 is 0 Å². The molecule has 1 unspecified atom stereocenters. The first-order valence-electron chi connectivity index (χ1n) is 6.75. The molecule has 0 saturated heterocycles. The van der Waals surface area contributed by atoms with E-state index in [9.17, 15) is 5.11 Å². The van der Waals surface area contributed by atoms with Crippen molar-refractivity contribution in [3.8, 4) is 5.75 Å². The second kappa shape index (κ2) is 5.05. The van der Waals surface area contributed by atoms with E-state index >= 15 is 0 Å². The lowest BCUT2D eigenvalue weighted by Gasteiger charge is -2.26. The van der Waals surface area contributed by atoms with Crippen LogP contribution in [0.4, 0.5) is 0 Å². The summed E-state index contributed by atoms with van der Waals surface area (Å²) in [6.07, 6.45) is 7.35. The molecule has 0 fully saturated rings. The monoisotopic (exact) mass is 257 g/mol. The summed E-state index contributed by atoms with van der Waals surface area (Å²) < 4.78 is 1.82. The van der Waals surface area contributed by atoms with Crippen molar-refractivity contribution in [2.24, 2.45) is 7.05 Å². The third-order valence-electron chi connectivity index (χ3n) is 3.75. The predicted molar refractivity (Wildman–Crippen MR) is 73.8 cm³/mol. The number of hydrogen-bond donors (Lipinski definition) is 2. The molecule has 1 atom stereocenters. The maximum atomic E-state index is 9.65. The maximum absolute atomic E-state index is 9.65. The number of phenols is 1. The minimum Gasteiger partial charge on any atom is -0.508 e. The summed E-state index contributed by atoms with van der Waals surface area (Å²) in [5, 5.41) is 17.4. The van der Waals surface area contributed by atoms with Gasteiger partial charge in [0.15, 0.2) is 0 Å². The van der Waals surface area contributed by atoms with Gasteiger partial charge in [0.2, 0.25) is 0 Å². The van der Waals surface area contributed by atoms with Crippen molar-refractivity contribution in [1.29, 1.82) is 0 Å². The zero-order chi connectivity index (χ0) is 13.2. The summed E-state index contributed by atoms with van der Waals surface area (Å²) in [4.78, 5) is 0. The highest BCUT2D eigenvalue weighted by atomic mass is 16.3. The van der Waals surface area contributed by atoms with Gasteiger partial charge < -0.3 is 10.4 Å². The van der Waals surface area contributed by atoms with Crippen LogP contribution in [0.25, 0.3) is 0 Å². The van der Waals surface area contributed by atoms with Crippen LogP contribution in [0.1, 0.15) is 35.6 Å². The Morgan fingerprint density at radius 2 is 2.37 bits per heavy atom. The van der Waals surface area contributed by atoms with Crippen molar-refractivity contribution in [1.82, 2.24) is 15.1 Å². The van der Waals surface area contributed by atoms with Gasteiger partial charge in [0, 0.05) is 31.4 Å². The molecular formula is C15H19N3O. The first-order chi connectivity index (χ1) is 9.22. The van der Waals surface area contributed by atoms with Crippen LogP contribution in [0.2, 0.25) is 0 Å². The van der Waals surface area contributed by atoms with Crippen LogP contribution < -0.4 is 5.32 Å². The molecule has 3 rings (SSSR count). The van der Waals surface area contributed by atoms with Crippen LogP contribution in [0.3, 0.4) is 0 Å². The zero-order valence-corrected chi connectivity index (χ0v) is 11.1. The Morgan fingerprint density at radius 3 is 3.16 bits per heavy atom. The summed E-state index contributed by atoms with van der Waals surface area (Å²) >= 11 is 0. The van der Waals surface area contributed by atoms with E-state index in [1.807, 2.05) is 36.3 Å². The topological polar surface area (TPSA) is 50.1 Å². The Kier molecular flexibility index (Phi) is 3.25. The summed E-state index contributed by atoms with van der Waals surface area (Å²) in [6.45, 7) is 0.813. The maximum Gasteiger partial charge on any atom is 0.115 e. The van der Waals surface area contributed by atoms with Crippen LogP contribution in [-0.4, -0.2) is 14.9 Å². The van der Waals surface area contributed by atoms with Crippen molar-refractivity contribution < 1.29 is 5.11 Å². The molecule has 0 aliphatic heterocycles. The fraction of sp³-hybridized carbons (Fsp3) is 0.400. The molecular weight excluding hydrogens is 238 g/mol. The molecule has 1 aliphatic rings. The third kappa shape index (κ3) is 2.63. The number of hydrogen-bond acceptors (Lipinski definition) is 3. The largest absolute Gasteiger partial charge is 0.508 e. The second-order valence-corrected chi connectivity index (χ2v) is 5.23. The zero-order valence-electron chi connectivity index (χ0n) is 11.1. The Labute approximate surface area is 113 Å². The molecule has 0 bridgehead atoms. The fourth-order valence-electron chi connectivity index (χ4n) is 2.80. The lowest BCUT2D eigenvalue weighted by molar-refractivity contribution is 0.445. The van der Waals surface area contributed by atoms with Gasteiger partial charge in [0.25, 0.3) is 0 Å². The summed E-state index contributed by atoms with van der Waals surface area (Å²) in [5.41, 5.74) is 3.79. The number of aromatic hydroxyl groups is 1. The number of nitrogens with zero attached hydrogens (tertiary/aromatic N) is 2. The van der Waals surface area contributed by atoms with Gasteiger partial charge in [0.05, 0.1) is 6.20 Å². The number of rotatable bonds is 3. The van der Waals surface area contributed by atoms with Crippen LogP contribution in [0, 0.1) is 0 Å². The molecule has 100 valence electrons. The molecule has 4 heteroatoms. The SMILES string of the molecule is Cn1cc(CNC2CCCc3ccc(O)cc32)cn1. The van der Waals surface area contributed by atoms with Crippen molar-refractivity contribution in [3.63, 3.8) is 0 Å². The first kappa shape index (κ1) is 12.2. The highest BCUT2D eigenvalue weighted by Crippen LogP contribution is 2.32. The predicted octanol–water partition coefficient (Wildman–Crippen LogP) is 2.29. The van der Waals surface area contributed by atoms with E-state index < -0.39 is 0 Å². The van der Waals surface area contributed by atoms with Crippen molar-refractivity contribution in [2.75, 3.05) is 0 Å². The summed E-state index contributed by atoms with van der Waals surface area (Å²) in [7, 11) is 1.93. The Bertz CT molecular complexity index is 577. The minimum atomic E-state index is 0.330. The van der Waals surface area contributed by atoms with Crippen LogP contribution in [-0.2, 0) is 20.0 Å². The minimum absolute atomic E-state index is 0.330. The van der Waals surface area contributed by atoms with Gasteiger partial charge in [-0.15, -0.1) is 0 Å². The van der Waals surface area contributed by atoms with Crippen LogP contribution in [0.15, 0.2) is 30.6 Å². The molecule has 4 nitrogen and oxygen atoms in total. The standard InChI is InChI=1S/C15H19N3O/c1-18-10-11(9-17-18)8-16-15-4-2-3-12-5-6-13(19)7-14(12)15/h5-7,9-10,15-16,19H,2-4,8H2,1H3. The van der Waals surface area contributed by atoms with Gasteiger partial charge in [-0.25, -0.2) is 0 Å². The third-order valence-corrected chi connectivity index (χ3v) is 3.75. The fourth-order valence-corrected chi connectivity index (χ4v) is 2.80. The smallest absolute Gasteiger partial charge is 0.115 e. The molecule has 1 aromatic carbocycles. The molecule has 0 radical (unpaired) electrons. The van der Waals surface area contributed by atoms with Gasteiger partial charge in [-0.2, -0.15) is 5.10 Å². The van der Waals surface area contributed by atoms with Crippen LogP contribution >= 0.6 is 0 Å². The number of aromatic nitrogens is 2. The molecule has 2 N–H and O–H groups in total. The summed E-state index contributed by atoms with van der Waals surface area (Å²) in [5.74, 6) is 0.355. The molecule has 1 heterocycles. The van der Waals surface area contributed by atoms with Crippen LogP contribution in [0.5, 0.6) is 5.75 Å². The average molecular weight is 257 g/mol. The molecule has 0 saturated carbocycles. The normalized spacial score (nSPS) is 18.3. The lowest BCUT2D eigenvalue weighted by atomic mass is 9.87. The van der Waals surface area contributed by atoms with E-state index in [0.717, 1.165) is 19.4 Å². The molecule has 1 aromatic heterocycles. The molecule has 0 amide bonds. The highest BCUT2D eigenvalue weighted by Gasteiger charge is 2.20. The summed E-state index contributed by atoms with van der Waals surface area (Å²) in [6, 6.07) is 6.05. The van der Waals surface area contributed by atoms with Crippen molar-refractivity contribution in [2.45, 2.75) is 31.8 Å². The average Bonchev–Trinajstić information content (AvgIpc) is 2.82. The number of aryl methyl sites for hydroxylation is 2. The molecule has 2 aromatic rings.